The van der Waals surface area contributed by atoms with E-state index in [9.17, 15) is 4.79 Å². The van der Waals surface area contributed by atoms with Crippen molar-refractivity contribution in [3.05, 3.63) is 36.5 Å². The Hall–Kier alpha value is -1.51. The fourth-order valence-electron chi connectivity index (χ4n) is 0.640. The van der Waals surface area contributed by atoms with Gasteiger partial charge < -0.3 is 10.1 Å². The van der Waals surface area contributed by atoms with E-state index < -0.39 is 6.09 Å². The minimum absolute atomic E-state index is 0.278. The standard InChI is InChI=1S/C10H15NO2.C2H6/c1-4-6-7-9(5-2)8-13-10(12)11-3;1-2/h4-7H,1,8H2,2-3H3,(H,11,12);1-2H3/b7-6-,9-5+;. The van der Waals surface area contributed by atoms with Gasteiger partial charge in [-0.05, 0) is 12.5 Å². The first-order valence-corrected chi connectivity index (χ1v) is 5.03. The number of ether oxygens (including phenoxy) is 1. The molecule has 3 heteroatoms. The molecule has 0 aromatic rings. The van der Waals surface area contributed by atoms with Crippen LogP contribution in [-0.2, 0) is 4.74 Å². The third-order valence-electron chi connectivity index (χ3n) is 1.39. The summed E-state index contributed by atoms with van der Waals surface area (Å²) in [7, 11) is 1.53. The molecule has 0 rings (SSSR count). The van der Waals surface area contributed by atoms with Gasteiger partial charge in [0.2, 0.25) is 0 Å². The van der Waals surface area contributed by atoms with Crippen LogP contribution in [0.15, 0.2) is 36.5 Å². The molecule has 0 spiro atoms. The summed E-state index contributed by atoms with van der Waals surface area (Å²) in [6.45, 7) is 9.71. The van der Waals surface area contributed by atoms with Crippen molar-refractivity contribution >= 4 is 6.09 Å². The summed E-state index contributed by atoms with van der Waals surface area (Å²) < 4.78 is 4.84. The molecule has 0 saturated heterocycles. The molecule has 0 aliphatic heterocycles. The Morgan fingerprint density at radius 1 is 1.47 bits per heavy atom. The van der Waals surface area contributed by atoms with E-state index in [1.54, 1.807) is 12.2 Å². The smallest absolute Gasteiger partial charge is 0.407 e. The second-order valence-electron chi connectivity index (χ2n) is 2.28. The Bertz CT molecular complexity index is 230. The lowest BCUT2D eigenvalue weighted by molar-refractivity contribution is 0.159. The second kappa shape index (κ2) is 12.5. The lowest BCUT2D eigenvalue weighted by Crippen LogP contribution is -2.19. The van der Waals surface area contributed by atoms with Crippen LogP contribution in [0.3, 0.4) is 0 Å². The van der Waals surface area contributed by atoms with Gasteiger partial charge in [-0.15, -0.1) is 0 Å². The lowest BCUT2D eigenvalue weighted by atomic mass is 10.2. The van der Waals surface area contributed by atoms with Gasteiger partial charge in [-0.25, -0.2) is 4.79 Å². The van der Waals surface area contributed by atoms with E-state index in [1.165, 1.54) is 7.05 Å². The van der Waals surface area contributed by atoms with Gasteiger partial charge in [0.05, 0.1) is 0 Å². The van der Waals surface area contributed by atoms with Crippen LogP contribution < -0.4 is 5.32 Å². The summed E-state index contributed by atoms with van der Waals surface area (Å²) in [6.07, 6.45) is 6.76. The second-order valence-corrected chi connectivity index (χ2v) is 2.28. The Kier molecular flexibility index (Phi) is 13.3. The van der Waals surface area contributed by atoms with Crippen LogP contribution in [0.1, 0.15) is 20.8 Å². The van der Waals surface area contributed by atoms with E-state index >= 15 is 0 Å². The minimum Gasteiger partial charge on any atom is -0.445 e. The van der Waals surface area contributed by atoms with Crippen LogP contribution in [-0.4, -0.2) is 19.7 Å². The third-order valence-corrected chi connectivity index (χ3v) is 1.39. The van der Waals surface area contributed by atoms with Gasteiger partial charge >= 0.3 is 6.09 Å². The van der Waals surface area contributed by atoms with Crippen molar-refractivity contribution in [1.82, 2.24) is 5.32 Å². The van der Waals surface area contributed by atoms with E-state index in [-0.39, 0.29) is 6.61 Å². The molecule has 1 amide bonds. The zero-order valence-electron chi connectivity index (χ0n) is 10.0. The van der Waals surface area contributed by atoms with Crippen LogP contribution in [0.2, 0.25) is 0 Å². The molecule has 0 bridgehead atoms. The summed E-state index contributed by atoms with van der Waals surface area (Å²) in [5.74, 6) is 0. The zero-order chi connectivity index (χ0) is 12.1. The first-order chi connectivity index (χ1) is 7.24. The lowest BCUT2D eigenvalue weighted by Gasteiger charge is -2.03. The van der Waals surface area contributed by atoms with Crippen molar-refractivity contribution in [3.63, 3.8) is 0 Å². The number of alkyl carbamates (subject to hydrolysis) is 1. The third kappa shape index (κ3) is 10.4. The van der Waals surface area contributed by atoms with Crippen LogP contribution in [0.25, 0.3) is 0 Å². The molecule has 0 aliphatic carbocycles. The number of carbonyl (C=O) groups excluding carboxylic acids is 1. The molecule has 86 valence electrons. The van der Waals surface area contributed by atoms with Crippen LogP contribution >= 0.6 is 0 Å². The van der Waals surface area contributed by atoms with Crippen LogP contribution in [0.4, 0.5) is 4.79 Å². The first-order valence-electron chi connectivity index (χ1n) is 5.03. The van der Waals surface area contributed by atoms with Crippen molar-refractivity contribution in [3.8, 4) is 0 Å². The molecular formula is C12H21NO2. The van der Waals surface area contributed by atoms with Crippen molar-refractivity contribution in [1.29, 1.82) is 0 Å². The van der Waals surface area contributed by atoms with Crippen LogP contribution in [0.5, 0.6) is 0 Å². The van der Waals surface area contributed by atoms with Crippen molar-refractivity contribution in [2.24, 2.45) is 0 Å². The highest BCUT2D eigenvalue weighted by Gasteiger charge is 1.97. The molecule has 15 heavy (non-hydrogen) atoms. The summed E-state index contributed by atoms with van der Waals surface area (Å²) in [5, 5.41) is 2.37. The SMILES string of the molecule is C=C/C=C\C(=C/C)COC(=O)NC.CC. The quantitative estimate of drug-likeness (QED) is 0.726. The molecule has 0 saturated carbocycles. The summed E-state index contributed by atoms with van der Waals surface area (Å²) >= 11 is 0. The van der Waals surface area contributed by atoms with Gasteiger partial charge in [-0.1, -0.05) is 44.7 Å². The van der Waals surface area contributed by atoms with Gasteiger partial charge in [-0.3, -0.25) is 0 Å². The highest BCUT2D eigenvalue weighted by molar-refractivity contribution is 5.66. The molecule has 0 unspecified atom stereocenters. The molecule has 0 fully saturated rings. The Morgan fingerprint density at radius 3 is 2.47 bits per heavy atom. The van der Waals surface area contributed by atoms with E-state index in [0.717, 1.165) is 5.57 Å². The Labute approximate surface area is 92.5 Å². The molecular weight excluding hydrogens is 190 g/mol. The number of carbonyl (C=O) groups is 1. The highest BCUT2D eigenvalue weighted by Crippen LogP contribution is 1.98. The zero-order valence-corrected chi connectivity index (χ0v) is 10.0. The average molecular weight is 211 g/mol. The van der Waals surface area contributed by atoms with Crippen molar-refractivity contribution in [2.75, 3.05) is 13.7 Å². The molecule has 1 N–H and O–H groups in total. The van der Waals surface area contributed by atoms with E-state index in [0.29, 0.717) is 0 Å². The Morgan fingerprint density at radius 2 is 2.07 bits per heavy atom. The van der Waals surface area contributed by atoms with Gasteiger partial charge in [0, 0.05) is 7.05 Å². The number of hydrogen-bond acceptors (Lipinski definition) is 2. The molecule has 0 heterocycles. The topological polar surface area (TPSA) is 38.3 Å². The van der Waals surface area contributed by atoms with Gasteiger partial charge in [0.15, 0.2) is 0 Å². The number of rotatable bonds is 4. The van der Waals surface area contributed by atoms with Crippen molar-refractivity contribution < 1.29 is 9.53 Å². The van der Waals surface area contributed by atoms with E-state index in [1.807, 2.05) is 32.9 Å². The summed E-state index contributed by atoms with van der Waals surface area (Å²) in [6, 6.07) is 0. The molecule has 0 aliphatic rings. The highest BCUT2D eigenvalue weighted by atomic mass is 16.5. The number of amides is 1. The molecule has 0 aromatic carbocycles. The average Bonchev–Trinajstić information content (AvgIpc) is 2.31. The number of hydrogen-bond donors (Lipinski definition) is 1. The number of allylic oxidation sites excluding steroid dienone is 3. The van der Waals surface area contributed by atoms with E-state index in [2.05, 4.69) is 11.9 Å². The predicted molar refractivity (Wildman–Crippen MR) is 64.8 cm³/mol. The monoisotopic (exact) mass is 211 g/mol. The molecule has 0 radical (unpaired) electrons. The number of nitrogens with one attached hydrogen (secondary N) is 1. The van der Waals surface area contributed by atoms with Gasteiger partial charge in [0.1, 0.15) is 6.61 Å². The predicted octanol–water partition coefficient (Wildman–Crippen LogP) is 3.06. The largest absolute Gasteiger partial charge is 0.445 e. The fraction of sp³-hybridized carbons (Fsp3) is 0.417. The van der Waals surface area contributed by atoms with Gasteiger partial charge in [-0.2, -0.15) is 0 Å². The molecule has 0 atom stereocenters. The van der Waals surface area contributed by atoms with Crippen molar-refractivity contribution in [2.45, 2.75) is 20.8 Å². The maximum Gasteiger partial charge on any atom is 0.407 e. The maximum absolute atomic E-state index is 10.7. The minimum atomic E-state index is -0.425. The van der Waals surface area contributed by atoms with Gasteiger partial charge in [0.25, 0.3) is 0 Å². The Balaban J connectivity index is 0. The summed E-state index contributed by atoms with van der Waals surface area (Å²) in [4.78, 5) is 10.7. The van der Waals surface area contributed by atoms with Crippen LogP contribution in [0, 0.1) is 0 Å². The first kappa shape index (κ1) is 15.9. The fourth-order valence-corrected chi connectivity index (χ4v) is 0.640. The maximum atomic E-state index is 10.7. The van der Waals surface area contributed by atoms with E-state index in [4.69, 9.17) is 4.74 Å². The normalized spacial score (nSPS) is 10.3. The summed E-state index contributed by atoms with van der Waals surface area (Å²) in [5.41, 5.74) is 0.934. The molecule has 3 nitrogen and oxygen atoms in total. The molecule has 0 aromatic heterocycles.